The number of hydrogen-bond donors (Lipinski definition) is 10. The number of fused-ring (bicyclic) bond motifs is 2. The SMILES string of the molecule is CN[C@@H](C)C(=O)N[C@H](C(=O)N1C[C@@H]2C[C@H]1C(=O)N[C@@H](Cc1ccc3ccccc3c1)C(=O)N[C@H](C(=O)O)Cc1ccc(cc1)OCCCc1cn(nn1)[C@H]1C[C@@H](C(=O)N[C@@H](Cc3ccc4ccccc4c3)C(=O)N[C@H](C(=O)O)Cc3ccc(cc3)OCCCc3cn2nn3)N(C(=O)[C@@H](NC(=O)[C@H](C)NC)C(C)(C)C)C1)C(C)(C)C. The van der Waals surface area contributed by atoms with Gasteiger partial charge in [-0.15, -0.1) is 10.2 Å². The lowest BCUT2D eigenvalue weighted by Gasteiger charge is -2.36. The molecule has 10 N–H and O–H groups in total. The quantitative estimate of drug-likeness (QED) is 0.0672. The first-order valence-corrected chi connectivity index (χ1v) is 38.8. The summed E-state index contributed by atoms with van der Waals surface area (Å²) in [5.41, 5.74) is 1.82. The van der Waals surface area contributed by atoms with Gasteiger partial charge in [0.25, 0.3) is 0 Å². The number of likely N-dealkylation sites (N-methyl/N-ethyl adjacent to an activating group) is 2. The Morgan fingerprint density at radius 1 is 0.500 bits per heavy atom. The Labute approximate surface area is 662 Å². The number of aromatic nitrogens is 6. The average Bonchev–Trinajstić information content (AvgIpc) is 1.63. The highest BCUT2D eigenvalue weighted by atomic mass is 16.5. The number of nitrogens with one attached hydrogen (secondary N) is 8. The average molecular weight is 1560 g/mol. The fourth-order valence-corrected chi connectivity index (χ4v) is 14.5. The highest BCUT2D eigenvalue weighted by molar-refractivity contribution is 5.98. The third kappa shape index (κ3) is 21.2. The highest BCUT2D eigenvalue weighted by Crippen LogP contribution is 2.34. The number of carboxylic acid groups (broad SMARTS) is 2. The van der Waals surface area contributed by atoms with Crippen LogP contribution in [-0.4, -0.2) is 210 Å². The molecule has 6 aromatic carbocycles. The Morgan fingerprint density at radius 2 is 0.868 bits per heavy atom. The van der Waals surface area contributed by atoms with Crippen LogP contribution >= 0.6 is 0 Å². The maximum Gasteiger partial charge on any atom is 0.326 e. The molecule has 30 heteroatoms. The first kappa shape index (κ1) is 83.3. The molecular weight excluding hydrogens is 1460 g/mol. The van der Waals surface area contributed by atoms with Gasteiger partial charge in [-0.05, 0) is 133 Å². The summed E-state index contributed by atoms with van der Waals surface area (Å²) in [7, 11) is 3.24. The summed E-state index contributed by atoms with van der Waals surface area (Å²) in [5, 5.41) is 66.0. The van der Waals surface area contributed by atoms with Crippen LogP contribution in [0.15, 0.2) is 146 Å². The first-order valence-electron chi connectivity index (χ1n) is 38.8. The van der Waals surface area contributed by atoms with E-state index in [1.165, 1.54) is 9.80 Å². The van der Waals surface area contributed by atoms with E-state index < -0.39 is 143 Å². The van der Waals surface area contributed by atoms with Crippen LogP contribution in [0.4, 0.5) is 0 Å². The van der Waals surface area contributed by atoms with Crippen molar-refractivity contribution in [3.8, 4) is 11.5 Å². The van der Waals surface area contributed by atoms with Crippen molar-refractivity contribution in [1.82, 2.24) is 82.3 Å². The molecular formula is C84H104N16O14. The molecule has 0 aliphatic carbocycles. The Balaban J connectivity index is 0.882. The van der Waals surface area contributed by atoms with Crippen LogP contribution in [0, 0.1) is 10.8 Å². The summed E-state index contributed by atoms with van der Waals surface area (Å²) in [5.74, 6) is -6.70. The van der Waals surface area contributed by atoms with E-state index in [9.17, 15) is 39.0 Å². The second-order valence-electron chi connectivity index (χ2n) is 32.1. The third-order valence-corrected chi connectivity index (χ3v) is 21.5. The molecule has 8 heterocycles. The number of carbonyl (C=O) groups is 10. The van der Waals surface area contributed by atoms with E-state index in [2.05, 4.69) is 63.2 Å². The zero-order valence-electron chi connectivity index (χ0n) is 66.1. The lowest BCUT2D eigenvalue weighted by molar-refractivity contribution is -0.145. The summed E-state index contributed by atoms with van der Waals surface area (Å²) in [6, 6.07) is 27.0. The first-order chi connectivity index (χ1) is 54.4. The van der Waals surface area contributed by atoms with E-state index in [0.717, 1.165) is 21.5 Å². The van der Waals surface area contributed by atoms with Crippen LogP contribution in [0.1, 0.15) is 127 Å². The van der Waals surface area contributed by atoms with Crippen molar-refractivity contribution in [1.29, 1.82) is 0 Å². The van der Waals surface area contributed by atoms with Crippen LogP contribution in [0.3, 0.4) is 0 Å². The van der Waals surface area contributed by atoms with E-state index in [1.807, 2.05) is 84.9 Å². The fourth-order valence-electron chi connectivity index (χ4n) is 14.5. The van der Waals surface area contributed by atoms with Gasteiger partial charge in [0.1, 0.15) is 59.8 Å². The normalized spacial score (nSPS) is 21.7. The number of aliphatic carboxylic acids is 2. The molecule has 2 aromatic heterocycles. The number of nitrogens with zero attached hydrogens (tertiary/aromatic N) is 8. The molecule has 604 valence electrons. The molecule has 6 aliphatic rings. The maximum atomic E-state index is 15.3. The number of carbonyl (C=O) groups excluding carboxylic acids is 8. The van der Waals surface area contributed by atoms with Gasteiger partial charge in [0.05, 0.1) is 48.8 Å². The summed E-state index contributed by atoms with van der Waals surface area (Å²) in [4.78, 5) is 147. The van der Waals surface area contributed by atoms with Crippen LogP contribution in [0.2, 0.25) is 0 Å². The Hall–Kier alpha value is -11.7. The molecule has 12 atom stereocenters. The van der Waals surface area contributed by atoms with Crippen molar-refractivity contribution >= 4 is 80.7 Å². The van der Waals surface area contributed by atoms with Gasteiger partial charge in [0.2, 0.25) is 47.3 Å². The number of ether oxygens (including phenoxy) is 2. The molecule has 2 fully saturated rings. The zero-order valence-corrected chi connectivity index (χ0v) is 66.1. The standard InChI is InChI=1S/C84H104N16O14/c1-49(85-9)73(101)91-71(83(3,4)5)79(107)97-47-61-43-69(97)77(105)87-65(41-53-23-29-55-17-11-13-19-57(55)37-53)75(103)89-67(81(109)110)39-51-25-31-64(32-26-51)114-36-16-22-60-46-100(96-94-60)62-44-70(98(48-62)80(108)72(84(6,7)8)92-74(102)50(2)86-10)78(106)88-66(42-54-24-30-56-18-12-14-20-58(56)38-54)76(104)90-68(82(111)112)40-52-27-33-63(34-28-52)113-35-15-21-59-45-99(61)95-93-59/h11-14,17-20,23-34,37-38,45-46,49-50,61-62,65-72,85-86H,15-16,21-22,35-36,39-44,47-48H2,1-10H3,(H,87,105)(H,88,106)(H,89,103)(H,90,104)(H,91,101)(H,92,102)(H,109,110)(H,111,112)/t49-,50-,61-,62-,65-,66-,67-,68-,69-,70-,71+,72+/m0/s1. The minimum absolute atomic E-state index is 0.0106. The van der Waals surface area contributed by atoms with E-state index in [4.69, 9.17) is 9.47 Å². The van der Waals surface area contributed by atoms with Crippen LogP contribution < -0.4 is 52.0 Å². The smallest absolute Gasteiger partial charge is 0.326 e. The molecule has 0 radical (unpaired) electrons. The van der Waals surface area contributed by atoms with Crippen molar-refractivity contribution in [2.75, 3.05) is 40.4 Å². The Morgan fingerprint density at radius 3 is 1.22 bits per heavy atom. The van der Waals surface area contributed by atoms with Gasteiger partial charge in [-0.25, -0.2) is 19.0 Å². The minimum Gasteiger partial charge on any atom is -0.494 e. The van der Waals surface area contributed by atoms with Crippen molar-refractivity contribution in [3.05, 3.63) is 179 Å². The van der Waals surface area contributed by atoms with Gasteiger partial charge < -0.3 is 72.0 Å². The van der Waals surface area contributed by atoms with Crippen molar-refractivity contribution < 1.29 is 67.6 Å². The lowest BCUT2D eigenvalue weighted by Crippen LogP contribution is -2.60. The van der Waals surface area contributed by atoms with Gasteiger partial charge >= 0.3 is 11.9 Å². The molecule has 0 spiro atoms. The van der Waals surface area contributed by atoms with Crippen LogP contribution in [0.5, 0.6) is 11.5 Å². The van der Waals surface area contributed by atoms with Crippen LogP contribution in [0.25, 0.3) is 21.5 Å². The van der Waals surface area contributed by atoms with E-state index in [1.54, 1.807) is 140 Å². The summed E-state index contributed by atoms with van der Waals surface area (Å²) in [6.45, 7) is 14.5. The topological polar surface area (TPSA) is 394 Å². The Kier molecular flexibility index (Phi) is 26.9. The van der Waals surface area contributed by atoms with Crippen molar-refractivity contribution in [2.45, 2.75) is 192 Å². The third-order valence-electron chi connectivity index (χ3n) is 21.5. The molecule has 0 unspecified atom stereocenters. The van der Waals surface area contributed by atoms with Gasteiger partial charge in [0, 0.05) is 64.0 Å². The van der Waals surface area contributed by atoms with Gasteiger partial charge in [0.15, 0.2) is 0 Å². The molecule has 114 heavy (non-hydrogen) atoms. The predicted molar refractivity (Wildman–Crippen MR) is 424 cm³/mol. The fraction of sp³-hybridized carbons (Fsp3) is 0.452. The molecule has 12 bridgehead atoms. The maximum absolute atomic E-state index is 15.3. The van der Waals surface area contributed by atoms with Crippen molar-refractivity contribution in [3.63, 3.8) is 0 Å². The van der Waals surface area contributed by atoms with Crippen LogP contribution in [-0.2, 0) is 86.5 Å². The number of likely N-dealkylation sites (tertiary alicyclic amines) is 2. The minimum atomic E-state index is -1.48. The molecule has 6 aliphatic heterocycles. The molecule has 8 amide bonds. The molecule has 14 rings (SSSR count). The largest absolute Gasteiger partial charge is 0.494 e. The molecule has 2 saturated heterocycles. The van der Waals surface area contributed by atoms with E-state index in [-0.39, 0.29) is 64.8 Å². The number of benzene rings is 6. The summed E-state index contributed by atoms with van der Waals surface area (Å²) >= 11 is 0. The zero-order chi connectivity index (χ0) is 81.7. The number of rotatable bonds is 14. The molecule has 0 saturated carbocycles. The molecule has 30 nitrogen and oxygen atoms in total. The lowest BCUT2D eigenvalue weighted by atomic mass is 9.85. The number of amides is 8. The summed E-state index contributed by atoms with van der Waals surface area (Å²) in [6.07, 6.45) is 4.71. The van der Waals surface area contributed by atoms with E-state index in [0.29, 0.717) is 70.8 Å². The van der Waals surface area contributed by atoms with E-state index >= 15 is 19.2 Å². The number of hydrogen-bond acceptors (Lipinski definition) is 18. The number of carboxylic acids is 2. The summed E-state index contributed by atoms with van der Waals surface area (Å²) < 4.78 is 15.5. The van der Waals surface area contributed by atoms with Crippen molar-refractivity contribution in [2.24, 2.45) is 10.8 Å². The van der Waals surface area contributed by atoms with Gasteiger partial charge in [-0.1, -0.05) is 161 Å². The van der Waals surface area contributed by atoms with Gasteiger partial charge in [-0.3, -0.25) is 38.4 Å². The Bertz CT molecular complexity index is 4490. The molecule has 8 aromatic rings. The predicted octanol–water partition coefficient (Wildman–Crippen LogP) is 5.15. The second kappa shape index (κ2) is 36.9. The number of aryl methyl sites for hydroxylation is 2. The monoisotopic (exact) mass is 1560 g/mol. The van der Waals surface area contributed by atoms with Gasteiger partial charge in [-0.2, -0.15) is 0 Å². The second-order valence-corrected chi connectivity index (χ2v) is 32.1. The highest BCUT2D eigenvalue weighted by Gasteiger charge is 2.49.